The van der Waals surface area contributed by atoms with E-state index in [9.17, 15) is 4.79 Å². The van der Waals surface area contributed by atoms with Crippen LogP contribution in [0.25, 0.3) is 0 Å². The van der Waals surface area contributed by atoms with Gasteiger partial charge in [-0.1, -0.05) is 0 Å². The SMILES string of the molecule is O=C(O)COCCC1CSC1. The molecule has 0 aliphatic carbocycles. The molecule has 0 aromatic heterocycles. The number of rotatable bonds is 5. The fraction of sp³-hybridized carbons (Fsp3) is 0.857. The van der Waals surface area contributed by atoms with Gasteiger partial charge in [-0.3, -0.25) is 0 Å². The van der Waals surface area contributed by atoms with Gasteiger partial charge in [0.25, 0.3) is 0 Å². The number of ether oxygens (including phenoxy) is 1. The van der Waals surface area contributed by atoms with Gasteiger partial charge >= 0.3 is 5.97 Å². The quantitative estimate of drug-likeness (QED) is 0.630. The van der Waals surface area contributed by atoms with Gasteiger partial charge in [0.1, 0.15) is 6.61 Å². The highest BCUT2D eigenvalue weighted by molar-refractivity contribution is 8.00. The van der Waals surface area contributed by atoms with E-state index in [2.05, 4.69) is 0 Å². The average Bonchev–Trinajstić information content (AvgIpc) is 1.82. The summed E-state index contributed by atoms with van der Waals surface area (Å²) in [6.07, 6.45) is 1.01. The summed E-state index contributed by atoms with van der Waals surface area (Å²) in [5, 5.41) is 8.22. The van der Waals surface area contributed by atoms with Gasteiger partial charge in [0.05, 0.1) is 0 Å². The highest BCUT2D eigenvalue weighted by Gasteiger charge is 2.17. The van der Waals surface area contributed by atoms with Crippen molar-refractivity contribution in [2.75, 3.05) is 24.7 Å². The van der Waals surface area contributed by atoms with E-state index >= 15 is 0 Å². The van der Waals surface area contributed by atoms with Crippen molar-refractivity contribution in [2.45, 2.75) is 6.42 Å². The molecule has 1 saturated heterocycles. The van der Waals surface area contributed by atoms with Gasteiger partial charge < -0.3 is 9.84 Å². The minimum atomic E-state index is -0.881. The topological polar surface area (TPSA) is 46.5 Å². The van der Waals surface area contributed by atoms with Crippen LogP contribution in [0.3, 0.4) is 0 Å². The molecule has 11 heavy (non-hydrogen) atoms. The number of thioether (sulfide) groups is 1. The lowest BCUT2D eigenvalue weighted by Crippen LogP contribution is -2.20. The summed E-state index contributed by atoms with van der Waals surface area (Å²) in [5.41, 5.74) is 0. The highest BCUT2D eigenvalue weighted by atomic mass is 32.2. The van der Waals surface area contributed by atoms with Crippen LogP contribution >= 0.6 is 11.8 Å². The summed E-state index contributed by atoms with van der Waals surface area (Å²) >= 11 is 1.94. The lowest BCUT2D eigenvalue weighted by atomic mass is 10.1. The highest BCUT2D eigenvalue weighted by Crippen LogP contribution is 2.26. The van der Waals surface area contributed by atoms with E-state index in [1.807, 2.05) is 11.8 Å². The zero-order valence-electron chi connectivity index (χ0n) is 6.28. The van der Waals surface area contributed by atoms with Crippen molar-refractivity contribution < 1.29 is 14.6 Å². The predicted octanol–water partition coefficient (Wildman–Crippen LogP) is 0.841. The predicted molar refractivity (Wildman–Crippen MR) is 43.9 cm³/mol. The van der Waals surface area contributed by atoms with Gasteiger partial charge in [-0.05, 0) is 23.8 Å². The van der Waals surface area contributed by atoms with Gasteiger partial charge in [0.15, 0.2) is 0 Å². The third-order valence-electron chi connectivity index (χ3n) is 1.60. The Morgan fingerprint density at radius 2 is 2.36 bits per heavy atom. The lowest BCUT2D eigenvalue weighted by molar-refractivity contribution is -0.142. The first-order chi connectivity index (χ1) is 5.29. The molecule has 0 aromatic rings. The van der Waals surface area contributed by atoms with Crippen LogP contribution in [-0.4, -0.2) is 35.8 Å². The first-order valence-corrected chi connectivity index (χ1v) is 4.82. The molecule has 3 nitrogen and oxygen atoms in total. The Bertz CT molecular complexity index is 134. The Kier molecular flexibility index (Phi) is 3.72. The molecule has 1 aliphatic rings. The van der Waals surface area contributed by atoms with Crippen LogP contribution in [-0.2, 0) is 9.53 Å². The second-order valence-electron chi connectivity index (χ2n) is 2.64. The van der Waals surface area contributed by atoms with Crippen LogP contribution in [0.4, 0.5) is 0 Å². The van der Waals surface area contributed by atoms with E-state index in [4.69, 9.17) is 9.84 Å². The lowest BCUT2D eigenvalue weighted by Gasteiger charge is -2.24. The van der Waals surface area contributed by atoms with Gasteiger partial charge in [0.2, 0.25) is 0 Å². The Labute approximate surface area is 70.1 Å². The second-order valence-corrected chi connectivity index (χ2v) is 3.71. The van der Waals surface area contributed by atoms with Crippen LogP contribution in [0, 0.1) is 5.92 Å². The van der Waals surface area contributed by atoms with E-state index in [0.717, 1.165) is 12.3 Å². The first-order valence-electron chi connectivity index (χ1n) is 3.66. The minimum absolute atomic E-state index is 0.153. The van der Waals surface area contributed by atoms with Gasteiger partial charge in [0, 0.05) is 6.61 Å². The maximum Gasteiger partial charge on any atom is 0.329 e. The third-order valence-corrected chi connectivity index (χ3v) is 3.02. The monoisotopic (exact) mass is 176 g/mol. The molecule has 0 radical (unpaired) electrons. The van der Waals surface area contributed by atoms with Crippen molar-refractivity contribution in [1.29, 1.82) is 0 Å². The summed E-state index contributed by atoms with van der Waals surface area (Å²) < 4.78 is 4.89. The standard InChI is InChI=1S/C7H12O3S/c8-7(9)3-10-2-1-6-4-11-5-6/h6H,1-5H2,(H,8,9). The van der Waals surface area contributed by atoms with Crippen molar-refractivity contribution in [3.8, 4) is 0 Å². The van der Waals surface area contributed by atoms with Crippen LogP contribution in [0.2, 0.25) is 0 Å². The number of carbonyl (C=O) groups is 1. The smallest absolute Gasteiger partial charge is 0.329 e. The molecule has 1 heterocycles. The van der Waals surface area contributed by atoms with Crippen molar-refractivity contribution >= 4 is 17.7 Å². The van der Waals surface area contributed by atoms with Gasteiger partial charge in [-0.25, -0.2) is 4.79 Å². The summed E-state index contributed by atoms with van der Waals surface area (Å²) in [6, 6.07) is 0. The molecule has 1 N–H and O–H groups in total. The minimum Gasteiger partial charge on any atom is -0.480 e. The fourth-order valence-corrected chi connectivity index (χ4v) is 1.76. The molecule has 64 valence electrons. The maximum absolute atomic E-state index is 10.00. The van der Waals surface area contributed by atoms with Gasteiger partial charge in [-0.15, -0.1) is 0 Å². The number of hydrogen-bond acceptors (Lipinski definition) is 3. The fourth-order valence-electron chi connectivity index (χ4n) is 0.861. The maximum atomic E-state index is 10.00. The Morgan fingerprint density at radius 1 is 1.64 bits per heavy atom. The van der Waals surface area contributed by atoms with E-state index in [-0.39, 0.29) is 6.61 Å². The van der Waals surface area contributed by atoms with E-state index < -0.39 is 5.97 Å². The van der Waals surface area contributed by atoms with E-state index in [1.54, 1.807) is 0 Å². The summed E-state index contributed by atoms with van der Waals surface area (Å²) in [6.45, 7) is 0.442. The molecule has 0 amide bonds. The molecule has 0 unspecified atom stereocenters. The van der Waals surface area contributed by atoms with Crippen LogP contribution in [0.15, 0.2) is 0 Å². The molecular weight excluding hydrogens is 164 g/mol. The number of aliphatic carboxylic acids is 1. The molecule has 1 rings (SSSR count). The molecule has 0 aromatic carbocycles. The molecule has 4 heteroatoms. The summed E-state index contributed by atoms with van der Waals surface area (Å²) in [5.74, 6) is 2.33. The van der Waals surface area contributed by atoms with Crippen molar-refractivity contribution in [3.63, 3.8) is 0 Å². The molecule has 1 fully saturated rings. The number of carboxylic acid groups (broad SMARTS) is 1. The van der Waals surface area contributed by atoms with Crippen LogP contribution < -0.4 is 0 Å². The molecule has 0 atom stereocenters. The summed E-state index contributed by atoms with van der Waals surface area (Å²) in [4.78, 5) is 10.00. The van der Waals surface area contributed by atoms with Crippen molar-refractivity contribution in [1.82, 2.24) is 0 Å². The summed E-state index contributed by atoms with van der Waals surface area (Å²) in [7, 11) is 0. The molecule has 0 bridgehead atoms. The average molecular weight is 176 g/mol. The second kappa shape index (κ2) is 4.62. The van der Waals surface area contributed by atoms with E-state index in [0.29, 0.717) is 6.61 Å². The van der Waals surface area contributed by atoms with Gasteiger partial charge in [-0.2, -0.15) is 11.8 Å². The number of hydrogen-bond donors (Lipinski definition) is 1. The molecule has 0 spiro atoms. The van der Waals surface area contributed by atoms with E-state index in [1.165, 1.54) is 11.5 Å². The normalized spacial score (nSPS) is 17.8. The number of carboxylic acids is 1. The Balaban J connectivity index is 1.83. The first kappa shape index (κ1) is 8.87. The zero-order valence-corrected chi connectivity index (χ0v) is 7.10. The largest absolute Gasteiger partial charge is 0.480 e. The van der Waals surface area contributed by atoms with Crippen LogP contribution in [0.5, 0.6) is 0 Å². The molecule has 1 aliphatic heterocycles. The Hall–Kier alpha value is -0.220. The third kappa shape index (κ3) is 3.62. The van der Waals surface area contributed by atoms with Crippen LogP contribution in [0.1, 0.15) is 6.42 Å². The molecule has 0 saturated carbocycles. The zero-order chi connectivity index (χ0) is 8.10. The Morgan fingerprint density at radius 3 is 2.82 bits per heavy atom. The van der Waals surface area contributed by atoms with Crippen molar-refractivity contribution in [2.24, 2.45) is 5.92 Å². The van der Waals surface area contributed by atoms with Crippen molar-refractivity contribution in [3.05, 3.63) is 0 Å². The molecular formula is C7H12O3S.